The normalized spacial score (nSPS) is 15.8. The molecule has 1 aromatic rings. The van der Waals surface area contributed by atoms with Gasteiger partial charge in [-0.15, -0.1) is 0 Å². The Morgan fingerprint density at radius 1 is 1.25 bits per heavy atom. The van der Waals surface area contributed by atoms with Crippen LogP contribution in [0.2, 0.25) is 0 Å². The smallest absolute Gasteiger partial charge is 0.237 e. The second kappa shape index (κ2) is 7.39. The van der Waals surface area contributed by atoms with Gasteiger partial charge in [-0.2, -0.15) is 0 Å². The molecule has 3 unspecified atom stereocenters. The number of nitrogens with one attached hydrogen (secondary N) is 1. The zero-order valence-electron chi connectivity index (χ0n) is 12.7. The minimum absolute atomic E-state index is 0.135. The summed E-state index contributed by atoms with van der Waals surface area (Å²) in [5, 5.41) is 2.98. The topological polar surface area (TPSA) is 55.1 Å². The van der Waals surface area contributed by atoms with Crippen LogP contribution in [0.25, 0.3) is 0 Å². The fraction of sp³-hybridized carbons (Fsp3) is 0.562. The molecular weight excluding hydrogens is 255 g/mol. The molecular formula is C16H25FN2O. The van der Waals surface area contributed by atoms with Crippen molar-refractivity contribution in [2.24, 2.45) is 17.6 Å². The highest BCUT2D eigenvalue weighted by atomic mass is 19.1. The third-order valence-corrected chi connectivity index (χ3v) is 3.75. The molecule has 0 aliphatic carbocycles. The molecule has 0 saturated carbocycles. The molecule has 0 aromatic heterocycles. The third kappa shape index (κ3) is 4.30. The molecule has 112 valence electrons. The maximum Gasteiger partial charge on any atom is 0.237 e. The average Bonchev–Trinajstić information content (AvgIpc) is 2.43. The highest BCUT2D eigenvalue weighted by Crippen LogP contribution is 2.22. The van der Waals surface area contributed by atoms with Crippen LogP contribution in [0, 0.1) is 17.7 Å². The van der Waals surface area contributed by atoms with Crippen LogP contribution in [-0.2, 0) is 4.79 Å². The van der Waals surface area contributed by atoms with Gasteiger partial charge in [0.25, 0.3) is 0 Å². The van der Waals surface area contributed by atoms with Crippen LogP contribution in [0.4, 0.5) is 4.39 Å². The summed E-state index contributed by atoms with van der Waals surface area (Å²) in [6.07, 6.45) is 0.859. The fourth-order valence-corrected chi connectivity index (χ4v) is 2.07. The van der Waals surface area contributed by atoms with Gasteiger partial charge < -0.3 is 11.1 Å². The van der Waals surface area contributed by atoms with Crippen molar-refractivity contribution < 1.29 is 9.18 Å². The quantitative estimate of drug-likeness (QED) is 0.841. The van der Waals surface area contributed by atoms with E-state index in [0.717, 1.165) is 12.0 Å². The molecule has 1 aromatic carbocycles. The van der Waals surface area contributed by atoms with Crippen molar-refractivity contribution in [1.29, 1.82) is 0 Å². The van der Waals surface area contributed by atoms with Crippen molar-refractivity contribution in [3.63, 3.8) is 0 Å². The number of nitrogens with two attached hydrogens (primary N) is 1. The van der Waals surface area contributed by atoms with Gasteiger partial charge in [-0.3, -0.25) is 4.79 Å². The maximum absolute atomic E-state index is 13.0. The lowest BCUT2D eigenvalue weighted by molar-refractivity contribution is -0.124. The molecule has 0 fully saturated rings. The van der Waals surface area contributed by atoms with Gasteiger partial charge in [0.15, 0.2) is 0 Å². The van der Waals surface area contributed by atoms with E-state index in [9.17, 15) is 9.18 Å². The van der Waals surface area contributed by atoms with Crippen LogP contribution in [0.3, 0.4) is 0 Å². The molecule has 0 radical (unpaired) electrons. The van der Waals surface area contributed by atoms with E-state index < -0.39 is 6.04 Å². The van der Waals surface area contributed by atoms with Gasteiger partial charge in [0.05, 0.1) is 12.1 Å². The first-order chi connectivity index (χ1) is 9.36. The Hall–Kier alpha value is -1.42. The van der Waals surface area contributed by atoms with Crippen molar-refractivity contribution in [2.45, 2.75) is 46.2 Å². The molecule has 20 heavy (non-hydrogen) atoms. The van der Waals surface area contributed by atoms with Gasteiger partial charge in [-0.05, 0) is 29.5 Å². The molecule has 4 heteroatoms. The Morgan fingerprint density at radius 3 is 2.25 bits per heavy atom. The molecule has 3 N–H and O–H groups in total. The molecule has 3 atom stereocenters. The molecule has 1 amide bonds. The van der Waals surface area contributed by atoms with E-state index >= 15 is 0 Å². The van der Waals surface area contributed by atoms with E-state index in [1.54, 1.807) is 12.1 Å². The summed E-state index contributed by atoms with van der Waals surface area (Å²) in [5.74, 6) is -0.0918. The van der Waals surface area contributed by atoms with Gasteiger partial charge in [0, 0.05) is 0 Å². The van der Waals surface area contributed by atoms with Crippen molar-refractivity contribution in [1.82, 2.24) is 5.32 Å². The van der Waals surface area contributed by atoms with Crippen LogP contribution in [0.15, 0.2) is 24.3 Å². The zero-order chi connectivity index (χ0) is 15.3. The molecule has 0 heterocycles. The van der Waals surface area contributed by atoms with Crippen molar-refractivity contribution in [3.8, 4) is 0 Å². The van der Waals surface area contributed by atoms with E-state index in [1.807, 2.05) is 27.7 Å². The first-order valence-electron chi connectivity index (χ1n) is 7.18. The second-order valence-electron chi connectivity index (χ2n) is 5.69. The lowest BCUT2D eigenvalue weighted by Gasteiger charge is -2.26. The number of benzene rings is 1. The van der Waals surface area contributed by atoms with Crippen LogP contribution in [0.5, 0.6) is 0 Å². The molecule has 0 saturated heterocycles. The Kier molecular flexibility index (Phi) is 6.14. The third-order valence-electron chi connectivity index (χ3n) is 3.75. The highest BCUT2D eigenvalue weighted by molar-refractivity contribution is 5.82. The van der Waals surface area contributed by atoms with E-state index in [0.29, 0.717) is 0 Å². The molecule has 0 aliphatic heterocycles. The van der Waals surface area contributed by atoms with Gasteiger partial charge >= 0.3 is 0 Å². The van der Waals surface area contributed by atoms with Gasteiger partial charge in [-0.1, -0.05) is 46.2 Å². The number of carbonyl (C=O) groups is 1. The molecule has 0 bridgehead atoms. The number of carbonyl (C=O) groups excluding carboxylic acids is 1. The molecule has 3 nitrogen and oxygen atoms in total. The Labute approximate surface area is 120 Å². The van der Waals surface area contributed by atoms with Gasteiger partial charge in [0.1, 0.15) is 5.82 Å². The first kappa shape index (κ1) is 16.6. The maximum atomic E-state index is 13.0. The SMILES string of the molecule is CCC(C)C(N)C(=O)NC(c1ccc(F)cc1)C(C)C. The summed E-state index contributed by atoms with van der Waals surface area (Å²) in [4.78, 5) is 12.2. The van der Waals surface area contributed by atoms with Crippen LogP contribution < -0.4 is 11.1 Å². The lowest BCUT2D eigenvalue weighted by Crippen LogP contribution is -2.46. The average molecular weight is 280 g/mol. The van der Waals surface area contributed by atoms with E-state index in [1.165, 1.54) is 12.1 Å². The van der Waals surface area contributed by atoms with E-state index in [2.05, 4.69) is 5.32 Å². The molecule has 0 spiro atoms. The summed E-state index contributed by atoms with van der Waals surface area (Å²) in [6.45, 7) is 8.01. The van der Waals surface area contributed by atoms with Gasteiger partial charge in [0.2, 0.25) is 5.91 Å². The second-order valence-corrected chi connectivity index (χ2v) is 5.69. The van der Waals surface area contributed by atoms with Crippen molar-refractivity contribution >= 4 is 5.91 Å². The number of hydrogen-bond donors (Lipinski definition) is 2. The summed E-state index contributed by atoms with van der Waals surface area (Å²) in [6, 6.07) is 5.56. The minimum atomic E-state index is -0.512. The highest BCUT2D eigenvalue weighted by Gasteiger charge is 2.24. The van der Waals surface area contributed by atoms with Crippen LogP contribution in [0.1, 0.15) is 45.7 Å². The summed E-state index contributed by atoms with van der Waals surface area (Å²) in [7, 11) is 0. The predicted molar refractivity (Wildman–Crippen MR) is 79.6 cm³/mol. The summed E-state index contributed by atoms with van der Waals surface area (Å²) < 4.78 is 13.0. The van der Waals surface area contributed by atoms with Crippen LogP contribution >= 0.6 is 0 Å². The Morgan fingerprint density at radius 2 is 1.80 bits per heavy atom. The first-order valence-corrected chi connectivity index (χ1v) is 7.18. The number of amides is 1. The monoisotopic (exact) mass is 280 g/mol. The molecule has 1 rings (SSSR count). The lowest BCUT2D eigenvalue weighted by atomic mass is 9.94. The minimum Gasteiger partial charge on any atom is -0.348 e. The van der Waals surface area contributed by atoms with Crippen molar-refractivity contribution in [2.75, 3.05) is 0 Å². The van der Waals surface area contributed by atoms with E-state index in [-0.39, 0.29) is 29.6 Å². The standard InChI is InChI=1S/C16H25FN2O/c1-5-11(4)14(18)16(20)19-15(10(2)3)12-6-8-13(17)9-7-12/h6-11,14-15H,5,18H2,1-4H3,(H,19,20). The van der Waals surface area contributed by atoms with Gasteiger partial charge in [-0.25, -0.2) is 4.39 Å². The predicted octanol–water partition coefficient (Wildman–Crippen LogP) is 3.01. The summed E-state index contributed by atoms with van der Waals surface area (Å²) in [5.41, 5.74) is 6.84. The fourth-order valence-electron chi connectivity index (χ4n) is 2.07. The van der Waals surface area contributed by atoms with E-state index in [4.69, 9.17) is 5.73 Å². The zero-order valence-corrected chi connectivity index (χ0v) is 12.7. The number of halogens is 1. The number of hydrogen-bond acceptors (Lipinski definition) is 2. The van der Waals surface area contributed by atoms with Crippen LogP contribution in [-0.4, -0.2) is 11.9 Å². The largest absolute Gasteiger partial charge is 0.348 e. The Balaban J connectivity index is 2.83. The Bertz CT molecular complexity index is 431. The number of rotatable bonds is 6. The molecule has 0 aliphatic rings. The summed E-state index contributed by atoms with van der Waals surface area (Å²) >= 11 is 0. The van der Waals surface area contributed by atoms with Crippen molar-refractivity contribution in [3.05, 3.63) is 35.6 Å².